The SMILES string of the molecule is O=C(Cn1ccccc1=O)Nc1ccnn1Cc1cc(Br)cs1. The third-order valence-electron chi connectivity index (χ3n) is 3.12. The van der Waals surface area contributed by atoms with E-state index < -0.39 is 0 Å². The quantitative estimate of drug-likeness (QED) is 0.725. The zero-order valence-corrected chi connectivity index (χ0v) is 14.4. The number of hydrogen-bond acceptors (Lipinski definition) is 4. The molecule has 23 heavy (non-hydrogen) atoms. The van der Waals surface area contributed by atoms with Crippen molar-refractivity contribution in [1.29, 1.82) is 0 Å². The van der Waals surface area contributed by atoms with E-state index in [4.69, 9.17) is 0 Å². The number of aromatic nitrogens is 3. The number of rotatable bonds is 5. The smallest absolute Gasteiger partial charge is 0.250 e. The molecule has 0 radical (unpaired) electrons. The first kappa shape index (κ1) is 15.7. The van der Waals surface area contributed by atoms with Crippen molar-refractivity contribution in [2.45, 2.75) is 13.1 Å². The van der Waals surface area contributed by atoms with E-state index in [9.17, 15) is 9.59 Å². The van der Waals surface area contributed by atoms with Gasteiger partial charge in [-0.2, -0.15) is 5.10 Å². The Kier molecular flexibility index (Phi) is 4.73. The van der Waals surface area contributed by atoms with Crippen LogP contribution in [0, 0.1) is 0 Å². The molecule has 0 unspecified atom stereocenters. The van der Waals surface area contributed by atoms with Gasteiger partial charge in [0.25, 0.3) is 5.56 Å². The van der Waals surface area contributed by atoms with Crippen LogP contribution in [0.4, 0.5) is 5.82 Å². The molecule has 0 aliphatic heterocycles. The van der Waals surface area contributed by atoms with Gasteiger partial charge in [0.2, 0.25) is 5.91 Å². The van der Waals surface area contributed by atoms with E-state index in [1.54, 1.807) is 46.6 Å². The second-order valence-electron chi connectivity index (χ2n) is 4.82. The Bertz CT molecular complexity index is 883. The van der Waals surface area contributed by atoms with E-state index in [-0.39, 0.29) is 18.0 Å². The zero-order chi connectivity index (χ0) is 16.2. The lowest BCUT2D eigenvalue weighted by atomic mass is 10.4. The minimum Gasteiger partial charge on any atom is -0.309 e. The van der Waals surface area contributed by atoms with Crippen LogP contribution in [-0.2, 0) is 17.9 Å². The Balaban J connectivity index is 1.69. The summed E-state index contributed by atoms with van der Waals surface area (Å²) in [4.78, 5) is 24.9. The molecule has 0 aromatic carbocycles. The van der Waals surface area contributed by atoms with Crippen LogP contribution in [-0.4, -0.2) is 20.3 Å². The highest BCUT2D eigenvalue weighted by molar-refractivity contribution is 9.10. The molecule has 3 aromatic rings. The Labute approximate surface area is 144 Å². The minimum absolute atomic E-state index is 0.0323. The van der Waals surface area contributed by atoms with Gasteiger partial charge < -0.3 is 9.88 Å². The Hall–Kier alpha value is -2.19. The van der Waals surface area contributed by atoms with Crippen molar-refractivity contribution < 1.29 is 4.79 Å². The van der Waals surface area contributed by atoms with Gasteiger partial charge in [-0.05, 0) is 28.1 Å². The van der Waals surface area contributed by atoms with Gasteiger partial charge >= 0.3 is 0 Å². The summed E-state index contributed by atoms with van der Waals surface area (Å²) >= 11 is 5.03. The molecular formula is C15H13BrN4O2S. The maximum atomic E-state index is 12.1. The van der Waals surface area contributed by atoms with Crippen molar-refractivity contribution in [2.75, 3.05) is 5.32 Å². The van der Waals surface area contributed by atoms with Crippen LogP contribution < -0.4 is 10.9 Å². The number of anilines is 1. The summed E-state index contributed by atoms with van der Waals surface area (Å²) in [6.07, 6.45) is 3.22. The number of hydrogen-bond donors (Lipinski definition) is 1. The van der Waals surface area contributed by atoms with Crippen molar-refractivity contribution in [3.05, 3.63) is 67.8 Å². The number of amides is 1. The number of nitrogens with one attached hydrogen (secondary N) is 1. The number of carbonyl (C=O) groups excluding carboxylic acids is 1. The summed E-state index contributed by atoms with van der Waals surface area (Å²) in [5, 5.41) is 9.01. The fourth-order valence-electron chi connectivity index (χ4n) is 2.08. The minimum atomic E-state index is -0.271. The van der Waals surface area contributed by atoms with E-state index in [0.717, 1.165) is 9.35 Å². The molecule has 0 saturated carbocycles. The molecule has 0 spiro atoms. The first-order valence-electron chi connectivity index (χ1n) is 6.82. The molecule has 0 atom stereocenters. The summed E-state index contributed by atoms with van der Waals surface area (Å²) in [6.45, 7) is 0.541. The zero-order valence-electron chi connectivity index (χ0n) is 12.0. The summed E-state index contributed by atoms with van der Waals surface area (Å²) < 4.78 is 4.09. The normalized spacial score (nSPS) is 10.7. The fraction of sp³-hybridized carbons (Fsp3) is 0.133. The van der Waals surface area contributed by atoms with Gasteiger partial charge in [0.15, 0.2) is 0 Å². The number of nitrogens with zero attached hydrogens (tertiary/aromatic N) is 3. The van der Waals surface area contributed by atoms with Crippen molar-refractivity contribution in [2.24, 2.45) is 0 Å². The predicted octanol–water partition coefficient (Wildman–Crippen LogP) is 2.56. The second-order valence-corrected chi connectivity index (χ2v) is 6.73. The van der Waals surface area contributed by atoms with Gasteiger partial charge in [-0.15, -0.1) is 11.3 Å². The molecule has 1 N–H and O–H groups in total. The van der Waals surface area contributed by atoms with E-state index in [1.807, 2.05) is 11.4 Å². The molecule has 3 heterocycles. The van der Waals surface area contributed by atoms with Gasteiger partial charge in [0.1, 0.15) is 12.4 Å². The van der Waals surface area contributed by atoms with Crippen molar-refractivity contribution in [3.63, 3.8) is 0 Å². The standard InChI is InChI=1S/C15H13BrN4O2S/c16-11-7-12(23-10-11)8-20-13(4-5-17-20)18-14(21)9-19-6-2-1-3-15(19)22/h1-7,10H,8-9H2,(H,18,21). The number of pyridine rings is 1. The van der Waals surface area contributed by atoms with Crippen LogP contribution in [0.5, 0.6) is 0 Å². The van der Waals surface area contributed by atoms with E-state index in [0.29, 0.717) is 12.4 Å². The molecular weight excluding hydrogens is 380 g/mol. The van der Waals surface area contributed by atoms with Gasteiger partial charge in [-0.1, -0.05) is 6.07 Å². The maximum absolute atomic E-state index is 12.1. The molecule has 8 heteroatoms. The molecule has 0 fully saturated rings. The average molecular weight is 393 g/mol. The van der Waals surface area contributed by atoms with Crippen LogP contribution in [0.1, 0.15) is 4.88 Å². The average Bonchev–Trinajstić information content (AvgIpc) is 3.11. The molecule has 6 nitrogen and oxygen atoms in total. The molecule has 3 aromatic heterocycles. The molecule has 3 rings (SSSR count). The lowest BCUT2D eigenvalue weighted by Gasteiger charge is -2.09. The lowest BCUT2D eigenvalue weighted by molar-refractivity contribution is -0.116. The number of halogens is 1. The largest absolute Gasteiger partial charge is 0.309 e. The number of thiophene rings is 1. The molecule has 1 amide bonds. The Morgan fingerprint density at radius 1 is 1.35 bits per heavy atom. The first-order valence-corrected chi connectivity index (χ1v) is 8.49. The highest BCUT2D eigenvalue weighted by Crippen LogP contribution is 2.21. The first-order chi connectivity index (χ1) is 11.1. The van der Waals surface area contributed by atoms with Crippen LogP contribution in [0.2, 0.25) is 0 Å². The molecule has 0 aliphatic carbocycles. The van der Waals surface area contributed by atoms with Crippen LogP contribution in [0.25, 0.3) is 0 Å². The Morgan fingerprint density at radius 2 is 2.22 bits per heavy atom. The van der Waals surface area contributed by atoms with Crippen LogP contribution >= 0.6 is 27.3 Å². The lowest BCUT2D eigenvalue weighted by Crippen LogP contribution is -2.27. The van der Waals surface area contributed by atoms with E-state index in [2.05, 4.69) is 26.3 Å². The van der Waals surface area contributed by atoms with E-state index in [1.165, 1.54) is 10.6 Å². The van der Waals surface area contributed by atoms with Crippen molar-refractivity contribution in [1.82, 2.24) is 14.3 Å². The monoisotopic (exact) mass is 392 g/mol. The molecule has 118 valence electrons. The molecule has 0 saturated heterocycles. The van der Waals surface area contributed by atoms with Gasteiger partial charge in [0.05, 0.1) is 12.7 Å². The maximum Gasteiger partial charge on any atom is 0.250 e. The number of carbonyl (C=O) groups is 1. The van der Waals surface area contributed by atoms with E-state index >= 15 is 0 Å². The summed E-state index contributed by atoms with van der Waals surface area (Å²) in [5.41, 5.74) is -0.209. The second kappa shape index (κ2) is 6.93. The summed E-state index contributed by atoms with van der Waals surface area (Å²) in [7, 11) is 0. The highest BCUT2D eigenvalue weighted by Gasteiger charge is 2.09. The third-order valence-corrected chi connectivity index (χ3v) is 4.81. The molecule has 0 aliphatic rings. The Morgan fingerprint density at radius 3 is 2.96 bits per heavy atom. The summed E-state index contributed by atoms with van der Waals surface area (Å²) in [5.74, 6) is 0.330. The molecule has 0 bridgehead atoms. The highest BCUT2D eigenvalue weighted by atomic mass is 79.9. The van der Waals surface area contributed by atoms with Gasteiger partial charge in [0, 0.05) is 33.1 Å². The third kappa shape index (κ3) is 3.96. The van der Waals surface area contributed by atoms with Gasteiger partial charge in [-0.3, -0.25) is 9.59 Å². The van der Waals surface area contributed by atoms with Crippen LogP contribution in [0.15, 0.2) is 57.4 Å². The fourth-order valence-corrected chi connectivity index (χ4v) is 3.51. The predicted molar refractivity (Wildman–Crippen MR) is 92.7 cm³/mol. The van der Waals surface area contributed by atoms with Crippen molar-refractivity contribution in [3.8, 4) is 0 Å². The van der Waals surface area contributed by atoms with Gasteiger partial charge in [-0.25, -0.2) is 4.68 Å². The van der Waals surface area contributed by atoms with Crippen LogP contribution in [0.3, 0.4) is 0 Å². The topological polar surface area (TPSA) is 68.9 Å². The van der Waals surface area contributed by atoms with Crippen molar-refractivity contribution >= 4 is 39.0 Å². The summed E-state index contributed by atoms with van der Waals surface area (Å²) in [6, 6.07) is 8.53.